The highest BCUT2D eigenvalue weighted by molar-refractivity contribution is 6.93. The van der Waals surface area contributed by atoms with E-state index in [1.807, 2.05) is 0 Å². The molecule has 3 heterocycles. The Labute approximate surface area is 388 Å². The summed E-state index contributed by atoms with van der Waals surface area (Å²) in [5, 5.41) is 2.59. The van der Waals surface area contributed by atoms with Crippen LogP contribution in [0.4, 0.5) is 28.4 Å². The van der Waals surface area contributed by atoms with Gasteiger partial charge in [-0.15, -0.1) is 0 Å². The zero-order valence-electron chi connectivity index (χ0n) is 38.0. The normalized spacial score (nSPS) is 15.0. The molecule has 3 aliphatic rings. The Morgan fingerprint density at radius 3 is 1.64 bits per heavy atom. The van der Waals surface area contributed by atoms with Gasteiger partial charge in [0.2, 0.25) is 0 Å². The number of benzene rings is 9. The fourth-order valence-electron chi connectivity index (χ4n) is 11.8. The zero-order valence-corrected chi connectivity index (χ0v) is 38.0. The molecule has 0 N–H and O–H groups in total. The van der Waals surface area contributed by atoms with E-state index in [-0.39, 0.29) is 17.7 Å². The zero-order chi connectivity index (χ0) is 44.3. The first-order valence-electron chi connectivity index (χ1n) is 23.6. The molecule has 0 fully saturated rings. The van der Waals surface area contributed by atoms with Crippen LogP contribution >= 0.6 is 0 Å². The van der Waals surface area contributed by atoms with E-state index in [0.29, 0.717) is 0 Å². The van der Waals surface area contributed by atoms with E-state index in [0.717, 1.165) is 24.2 Å². The second-order valence-corrected chi connectivity index (χ2v) is 20.0. The Balaban J connectivity index is 1.22. The number of hydrogen-bond donors (Lipinski definition) is 0. The molecule has 0 atom stereocenters. The third kappa shape index (κ3) is 5.77. The first kappa shape index (κ1) is 38.9. The van der Waals surface area contributed by atoms with Crippen LogP contribution < -0.4 is 20.6 Å². The van der Waals surface area contributed by atoms with Gasteiger partial charge in [-0.05, 0) is 140 Å². The van der Waals surface area contributed by atoms with E-state index in [1.165, 1.54) is 100.0 Å². The lowest BCUT2D eigenvalue weighted by atomic mass is 9.44. The van der Waals surface area contributed by atoms with Gasteiger partial charge in [0.15, 0.2) is 0 Å². The fourth-order valence-corrected chi connectivity index (χ4v) is 11.8. The molecule has 0 saturated heterocycles. The van der Waals surface area contributed by atoms with Crippen molar-refractivity contribution >= 4 is 68.0 Å². The number of nitrogens with zero attached hydrogens (tertiary/aromatic N) is 3. The van der Waals surface area contributed by atoms with Crippen LogP contribution in [0, 0.1) is 0 Å². The number of hydrogen-bond acceptors (Lipinski definition) is 2. The van der Waals surface area contributed by atoms with Gasteiger partial charge in [-0.2, -0.15) is 0 Å². The van der Waals surface area contributed by atoms with Crippen LogP contribution in [0.15, 0.2) is 206 Å². The first-order valence-corrected chi connectivity index (χ1v) is 23.6. The van der Waals surface area contributed by atoms with Crippen molar-refractivity contribution in [2.45, 2.75) is 51.4 Å². The van der Waals surface area contributed by atoms with Gasteiger partial charge in [-0.1, -0.05) is 167 Å². The summed E-state index contributed by atoms with van der Waals surface area (Å²) < 4.78 is 2.66. The summed E-state index contributed by atoms with van der Waals surface area (Å²) in [4.78, 5) is 5.17. The smallest absolute Gasteiger partial charge is 0.333 e. The molecule has 0 bridgehead atoms. The minimum Gasteiger partial charge on any atom is -0.376 e. The molecule has 0 saturated carbocycles. The van der Waals surface area contributed by atoms with Gasteiger partial charge in [0.05, 0.1) is 16.7 Å². The fraction of sp³-hybridized carbons (Fsp3) is 0.129. The van der Waals surface area contributed by atoms with Gasteiger partial charge in [-0.25, -0.2) is 0 Å². The SMILES string of the molecule is CC1(C)CCC(C)(C)c2cc3c(cc21)c1c(N(c2cccc(-c4ccccc4)c2)c2cccc(-c4ccccc4)c2)cc2c4c1n3-c1ccccc1B4N(c1ccccc1)c1ccccc1-2. The quantitative estimate of drug-likeness (QED) is 0.154. The molecule has 1 aliphatic carbocycles. The third-order valence-electron chi connectivity index (χ3n) is 15.2. The standard InChI is InChI=1S/C62H50BN3/c1-61(2)34-35-62(3,4)52-40-56-50(38-51(52)61)58-57(64(46-28-18-24-43(36-46)41-20-8-5-9-21-41)47-29-19-25-44(37-47)42-22-10-6-11-23-42)39-49-48-30-14-16-32-54(48)66(45-26-12-7-13-27-45)63-53-31-15-17-33-55(53)65(56)60(58)59(49)63/h5-33,36-40H,34-35H2,1-4H3. The van der Waals surface area contributed by atoms with Crippen molar-refractivity contribution < 1.29 is 0 Å². The molecular formula is C62H50BN3. The lowest BCUT2D eigenvalue weighted by Crippen LogP contribution is -2.60. The predicted molar refractivity (Wildman–Crippen MR) is 281 cm³/mol. The topological polar surface area (TPSA) is 11.4 Å². The van der Waals surface area contributed by atoms with Crippen molar-refractivity contribution in [2.24, 2.45) is 0 Å². The lowest BCUT2D eigenvalue weighted by Gasteiger charge is -2.42. The van der Waals surface area contributed by atoms with Crippen molar-refractivity contribution in [3.63, 3.8) is 0 Å². The molecule has 66 heavy (non-hydrogen) atoms. The number of para-hydroxylation sites is 3. The number of anilines is 5. The maximum atomic E-state index is 2.66. The molecule has 13 rings (SSSR count). The Hall–Kier alpha value is -7.56. The highest BCUT2D eigenvalue weighted by Crippen LogP contribution is 2.54. The van der Waals surface area contributed by atoms with Gasteiger partial charge in [0.25, 0.3) is 0 Å². The molecule has 2 aliphatic heterocycles. The van der Waals surface area contributed by atoms with Gasteiger partial charge < -0.3 is 14.3 Å². The van der Waals surface area contributed by atoms with Gasteiger partial charge in [0.1, 0.15) is 0 Å². The molecule has 0 unspecified atom stereocenters. The van der Waals surface area contributed by atoms with Crippen LogP contribution in [-0.4, -0.2) is 11.4 Å². The van der Waals surface area contributed by atoms with Crippen LogP contribution in [0.1, 0.15) is 51.7 Å². The summed E-state index contributed by atoms with van der Waals surface area (Å²) in [5.41, 5.74) is 22.6. The largest absolute Gasteiger partial charge is 0.376 e. The first-order chi connectivity index (χ1) is 32.2. The molecule has 316 valence electrons. The molecule has 9 aromatic carbocycles. The minimum absolute atomic E-state index is 0.0270. The lowest BCUT2D eigenvalue weighted by molar-refractivity contribution is 0.332. The molecule has 0 spiro atoms. The summed E-state index contributed by atoms with van der Waals surface area (Å²) in [5.74, 6) is 0. The molecule has 1 aromatic heterocycles. The van der Waals surface area contributed by atoms with E-state index in [4.69, 9.17) is 0 Å². The van der Waals surface area contributed by atoms with Crippen molar-refractivity contribution in [1.82, 2.24) is 4.57 Å². The van der Waals surface area contributed by atoms with Gasteiger partial charge >= 0.3 is 6.85 Å². The molecular weight excluding hydrogens is 798 g/mol. The average Bonchev–Trinajstić information content (AvgIpc) is 3.71. The van der Waals surface area contributed by atoms with Crippen molar-refractivity contribution in [2.75, 3.05) is 9.71 Å². The number of aromatic nitrogens is 1. The van der Waals surface area contributed by atoms with E-state index in [2.05, 4.69) is 248 Å². The average molecular weight is 848 g/mol. The van der Waals surface area contributed by atoms with Crippen molar-refractivity contribution in [3.8, 4) is 39.1 Å². The summed E-state index contributed by atoms with van der Waals surface area (Å²) >= 11 is 0. The number of rotatable bonds is 6. The highest BCUT2D eigenvalue weighted by atomic mass is 15.2. The van der Waals surface area contributed by atoms with E-state index in [1.54, 1.807) is 0 Å². The van der Waals surface area contributed by atoms with Crippen LogP contribution in [0.2, 0.25) is 0 Å². The van der Waals surface area contributed by atoms with E-state index < -0.39 is 0 Å². The van der Waals surface area contributed by atoms with Crippen molar-refractivity contribution in [1.29, 1.82) is 0 Å². The monoisotopic (exact) mass is 847 g/mol. The Bertz CT molecular complexity index is 3470. The molecule has 10 aromatic rings. The summed E-state index contributed by atoms with van der Waals surface area (Å²) in [7, 11) is 0. The van der Waals surface area contributed by atoms with Crippen LogP contribution in [-0.2, 0) is 10.8 Å². The van der Waals surface area contributed by atoms with E-state index >= 15 is 0 Å². The summed E-state index contributed by atoms with van der Waals surface area (Å²) in [6.45, 7) is 9.78. The van der Waals surface area contributed by atoms with Crippen LogP contribution in [0.25, 0.3) is 60.9 Å². The van der Waals surface area contributed by atoms with Crippen LogP contribution in [0.3, 0.4) is 0 Å². The minimum atomic E-state index is -0.0550. The molecule has 3 nitrogen and oxygen atoms in total. The Morgan fingerprint density at radius 2 is 1.00 bits per heavy atom. The Kier molecular flexibility index (Phi) is 8.52. The second-order valence-electron chi connectivity index (χ2n) is 20.0. The molecule has 0 amide bonds. The maximum Gasteiger partial charge on any atom is 0.333 e. The van der Waals surface area contributed by atoms with Crippen molar-refractivity contribution in [3.05, 3.63) is 217 Å². The number of fused-ring (bicyclic) bond motifs is 9. The van der Waals surface area contributed by atoms with E-state index in [9.17, 15) is 0 Å². The van der Waals surface area contributed by atoms with Gasteiger partial charge in [-0.3, -0.25) is 0 Å². The van der Waals surface area contributed by atoms with Crippen LogP contribution in [0.5, 0.6) is 0 Å². The second kappa shape index (κ2) is 14.5. The molecule has 0 radical (unpaired) electrons. The summed E-state index contributed by atoms with van der Waals surface area (Å²) in [6, 6.07) is 77.1. The maximum absolute atomic E-state index is 2.66. The predicted octanol–water partition coefficient (Wildman–Crippen LogP) is 15.2. The highest BCUT2D eigenvalue weighted by Gasteiger charge is 2.46. The third-order valence-corrected chi connectivity index (χ3v) is 15.2. The van der Waals surface area contributed by atoms with Gasteiger partial charge in [0, 0.05) is 44.8 Å². The Morgan fingerprint density at radius 1 is 0.470 bits per heavy atom. The molecule has 4 heteroatoms. The summed E-state index contributed by atoms with van der Waals surface area (Å²) in [6.07, 6.45) is 2.31.